The molecule has 24 heavy (non-hydrogen) atoms. The Labute approximate surface area is 137 Å². The van der Waals surface area contributed by atoms with Crippen molar-refractivity contribution in [2.45, 2.75) is 19.4 Å². The summed E-state index contributed by atoms with van der Waals surface area (Å²) in [6, 6.07) is 5.62. The molecule has 4 rings (SSSR count). The highest BCUT2D eigenvalue weighted by Crippen LogP contribution is 2.27. The maximum atomic E-state index is 13.8. The summed E-state index contributed by atoms with van der Waals surface area (Å²) in [7, 11) is 0. The van der Waals surface area contributed by atoms with Gasteiger partial charge in [0.25, 0.3) is 0 Å². The normalized spacial score (nSPS) is 13.6. The van der Waals surface area contributed by atoms with E-state index in [1.54, 1.807) is 6.20 Å². The zero-order chi connectivity index (χ0) is 16.5. The van der Waals surface area contributed by atoms with Gasteiger partial charge in [-0.1, -0.05) is 12.0 Å². The molecule has 1 aromatic carbocycles. The number of rotatable bonds is 3. The Morgan fingerprint density at radius 2 is 1.96 bits per heavy atom. The minimum absolute atomic E-state index is 0.00864. The topological polar surface area (TPSA) is 53.6 Å². The van der Waals surface area contributed by atoms with Gasteiger partial charge in [0, 0.05) is 24.2 Å². The molecular weight excluding hydrogens is 310 g/mol. The lowest BCUT2D eigenvalue weighted by molar-refractivity contribution is 0.560. The average Bonchev–Trinajstić information content (AvgIpc) is 3.28. The highest BCUT2D eigenvalue weighted by Gasteiger charge is 2.18. The van der Waals surface area contributed by atoms with Gasteiger partial charge in [0.2, 0.25) is 5.82 Å². The number of benzene rings is 1. The van der Waals surface area contributed by atoms with Crippen LogP contribution in [0.2, 0.25) is 0 Å². The van der Waals surface area contributed by atoms with Crippen molar-refractivity contribution in [2.24, 2.45) is 5.92 Å². The predicted octanol–water partition coefficient (Wildman–Crippen LogP) is 3.61. The number of nitrogens with zero attached hydrogens (tertiary/aromatic N) is 2. The third-order valence-electron chi connectivity index (χ3n) is 3.88. The van der Waals surface area contributed by atoms with Gasteiger partial charge in [0.15, 0.2) is 0 Å². The lowest BCUT2D eigenvalue weighted by atomic mass is 10.2. The number of H-pyrrole nitrogens is 1. The van der Waals surface area contributed by atoms with Crippen LogP contribution in [0.4, 0.5) is 14.6 Å². The third-order valence-corrected chi connectivity index (χ3v) is 3.88. The van der Waals surface area contributed by atoms with Crippen LogP contribution < -0.4 is 5.32 Å². The van der Waals surface area contributed by atoms with E-state index >= 15 is 0 Å². The summed E-state index contributed by atoms with van der Waals surface area (Å²) >= 11 is 0. The average molecular weight is 324 g/mol. The minimum atomic E-state index is -0.587. The molecule has 0 saturated heterocycles. The molecule has 2 aromatic heterocycles. The molecule has 1 saturated carbocycles. The van der Waals surface area contributed by atoms with Crippen LogP contribution in [0.25, 0.3) is 11.0 Å². The van der Waals surface area contributed by atoms with Gasteiger partial charge >= 0.3 is 0 Å². The van der Waals surface area contributed by atoms with Crippen LogP contribution in [0, 0.1) is 29.4 Å². The molecule has 1 fully saturated rings. The van der Waals surface area contributed by atoms with Gasteiger partial charge in [-0.15, -0.1) is 0 Å². The Hall–Kier alpha value is -2.94. The van der Waals surface area contributed by atoms with E-state index < -0.39 is 11.6 Å². The number of aromatic amines is 1. The molecule has 120 valence electrons. The first kappa shape index (κ1) is 14.6. The van der Waals surface area contributed by atoms with Crippen LogP contribution in [-0.2, 0) is 6.54 Å². The van der Waals surface area contributed by atoms with Gasteiger partial charge in [-0.25, -0.2) is 18.7 Å². The summed E-state index contributed by atoms with van der Waals surface area (Å²) in [5, 5.41) is 3.75. The molecule has 4 nitrogen and oxygen atoms in total. The number of hydrogen-bond donors (Lipinski definition) is 2. The predicted molar refractivity (Wildman–Crippen MR) is 87.2 cm³/mol. The van der Waals surface area contributed by atoms with Crippen LogP contribution in [0.3, 0.4) is 0 Å². The Balaban J connectivity index is 1.65. The van der Waals surface area contributed by atoms with Crippen molar-refractivity contribution in [1.29, 1.82) is 0 Å². The van der Waals surface area contributed by atoms with E-state index in [4.69, 9.17) is 0 Å². The van der Waals surface area contributed by atoms with Crippen LogP contribution in [-0.4, -0.2) is 15.0 Å². The van der Waals surface area contributed by atoms with E-state index in [0.29, 0.717) is 23.2 Å². The summed E-state index contributed by atoms with van der Waals surface area (Å²) in [5.41, 5.74) is 0.618. The first-order chi connectivity index (χ1) is 11.7. The van der Waals surface area contributed by atoms with Gasteiger partial charge < -0.3 is 10.3 Å². The summed E-state index contributed by atoms with van der Waals surface area (Å²) in [5.74, 6) is 6.25. The molecule has 2 N–H and O–H groups in total. The van der Waals surface area contributed by atoms with E-state index in [-0.39, 0.29) is 12.1 Å². The molecular formula is C18H14F2N4. The zero-order valence-electron chi connectivity index (χ0n) is 12.7. The van der Waals surface area contributed by atoms with Crippen LogP contribution in [0.5, 0.6) is 0 Å². The molecule has 3 aromatic rings. The lowest BCUT2D eigenvalue weighted by Gasteiger charge is -2.09. The monoisotopic (exact) mass is 324 g/mol. The highest BCUT2D eigenvalue weighted by atomic mass is 19.1. The van der Waals surface area contributed by atoms with Crippen LogP contribution >= 0.6 is 0 Å². The number of nitrogens with one attached hydrogen (secondary N) is 2. The van der Waals surface area contributed by atoms with E-state index in [9.17, 15) is 8.78 Å². The molecule has 0 radical (unpaired) electrons. The molecule has 1 aliphatic carbocycles. The zero-order valence-corrected chi connectivity index (χ0v) is 12.7. The Morgan fingerprint density at radius 1 is 1.17 bits per heavy atom. The summed E-state index contributed by atoms with van der Waals surface area (Å²) in [6.45, 7) is -0.00864. The van der Waals surface area contributed by atoms with Crippen LogP contribution in [0.1, 0.15) is 24.2 Å². The van der Waals surface area contributed by atoms with Gasteiger partial charge in [0.1, 0.15) is 23.1 Å². The second-order valence-electron chi connectivity index (χ2n) is 5.73. The fourth-order valence-corrected chi connectivity index (χ4v) is 2.40. The third kappa shape index (κ3) is 2.93. The summed E-state index contributed by atoms with van der Waals surface area (Å²) < 4.78 is 27.5. The highest BCUT2D eigenvalue weighted by molar-refractivity contribution is 5.87. The molecule has 0 unspecified atom stereocenters. The standard InChI is InChI=1S/C18H14F2N4/c19-14-2-1-3-15(20)13(14)10-22-18-12-8-9-21-17(12)23-16(24-18)7-6-11-4-5-11/h1-3,8-9,11H,4-5,10H2,(H2,21,22,23,24). The summed E-state index contributed by atoms with van der Waals surface area (Å²) in [6.07, 6.45) is 3.98. The van der Waals surface area contributed by atoms with Crippen molar-refractivity contribution in [1.82, 2.24) is 15.0 Å². The Kier molecular flexibility index (Phi) is 3.62. The van der Waals surface area contributed by atoms with Crippen LogP contribution in [0.15, 0.2) is 30.5 Å². The fraction of sp³-hybridized carbons (Fsp3) is 0.222. The molecule has 1 aliphatic rings. The first-order valence-corrected chi connectivity index (χ1v) is 7.74. The van der Waals surface area contributed by atoms with E-state index in [1.165, 1.54) is 18.2 Å². The SMILES string of the molecule is Fc1cccc(F)c1CNc1nc(C#CC2CC2)nc2[nH]ccc12. The number of halogens is 2. The van der Waals surface area contributed by atoms with Crippen molar-refractivity contribution >= 4 is 16.9 Å². The van der Waals surface area contributed by atoms with Crippen molar-refractivity contribution in [3.8, 4) is 11.8 Å². The summed E-state index contributed by atoms with van der Waals surface area (Å²) in [4.78, 5) is 11.8. The molecule has 2 heterocycles. The molecule has 0 amide bonds. The molecule has 0 spiro atoms. The number of aromatic nitrogens is 3. The number of hydrogen-bond acceptors (Lipinski definition) is 3. The quantitative estimate of drug-likeness (QED) is 0.724. The van der Waals surface area contributed by atoms with E-state index in [0.717, 1.165) is 18.2 Å². The smallest absolute Gasteiger partial charge is 0.208 e. The Bertz CT molecular complexity index is 944. The van der Waals surface area contributed by atoms with Crippen molar-refractivity contribution in [2.75, 3.05) is 5.32 Å². The van der Waals surface area contributed by atoms with Gasteiger partial charge in [-0.2, -0.15) is 0 Å². The first-order valence-electron chi connectivity index (χ1n) is 7.74. The van der Waals surface area contributed by atoms with E-state index in [1.807, 2.05) is 6.07 Å². The minimum Gasteiger partial charge on any atom is -0.365 e. The van der Waals surface area contributed by atoms with E-state index in [2.05, 4.69) is 32.1 Å². The number of anilines is 1. The van der Waals surface area contributed by atoms with Crippen molar-refractivity contribution in [3.05, 3.63) is 53.5 Å². The largest absolute Gasteiger partial charge is 0.365 e. The Morgan fingerprint density at radius 3 is 2.71 bits per heavy atom. The van der Waals surface area contributed by atoms with Crippen molar-refractivity contribution < 1.29 is 8.78 Å². The van der Waals surface area contributed by atoms with Gasteiger partial charge in [0.05, 0.1) is 5.39 Å². The maximum Gasteiger partial charge on any atom is 0.208 e. The fourth-order valence-electron chi connectivity index (χ4n) is 2.40. The van der Waals surface area contributed by atoms with Gasteiger partial charge in [-0.3, -0.25) is 0 Å². The number of fused-ring (bicyclic) bond motifs is 1. The molecule has 0 bridgehead atoms. The second kappa shape index (κ2) is 5.93. The molecule has 0 aliphatic heterocycles. The molecule has 6 heteroatoms. The maximum absolute atomic E-state index is 13.8. The van der Waals surface area contributed by atoms with Crippen molar-refractivity contribution in [3.63, 3.8) is 0 Å². The lowest BCUT2D eigenvalue weighted by Crippen LogP contribution is -2.07. The second-order valence-corrected chi connectivity index (χ2v) is 5.73. The molecule has 0 atom stereocenters. The van der Waals surface area contributed by atoms with Gasteiger partial charge in [-0.05, 0) is 37.0 Å².